The second-order valence-electron chi connectivity index (χ2n) is 4.32. The van der Waals surface area contributed by atoms with Gasteiger partial charge in [0.15, 0.2) is 0 Å². The van der Waals surface area contributed by atoms with Crippen LogP contribution in [0, 0.1) is 0 Å². The zero-order chi connectivity index (χ0) is 15.9. The summed E-state index contributed by atoms with van der Waals surface area (Å²) in [5.41, 5.74) is 3.26. The fourth-order valence-corrected chi connectivity index (χ4v) is 1.79. The van der Waals surface area contributed by atoms with E-state index in [-0.39, 0.29) is 5.56 Å². The number of hydrogen-bond acceptors (Lipinski definition) is 4. The van der Waals surface area contributed by atoms with Gasteiger partial charge in [0.1, 0.15) is 5.75 Å². The Balaban J connectivity index is 2.09. The van der Waals surface area contributed by atoms with Crippen LogP contribution in [-0.4, -0.2) is 30.3 Å². The first kappa shape index (κ1) is 15.2. The van der Waals surface area contributed by atoms with Gasteiger partial charge in [-0.2, -0.15) is 5.10 Å². The van der Waals surface area contributed by atoms with Crippen molar-refractivity contribution in [3.05, 3.63) is 65.2 Å². The first-order valence-corrected chi connectivity index (χ1v) is 6.41. The molecule has 0 spiro atoms. The average Bonchev–Trinajstić information content (AvgIpc) is 2.55. The summed E-state index contributed by atoms with van der Waals surface area (Å²) in [6, 6.07) is 13.0. The van der Waals surface area contributed by atoms with E-state index in [1.165, 1.54) is 19.4 Å². The first-order chi connectivity index (χ1) is 10.6. The molecule has 2 rings (SSSR count). The Hall–Kier alpha value is -3.15. The predicted molar refractivity (Wildman–Crippen MR) is 81.5 cm³/mol. The predicted octanol–water partition coefficient (Wildman–Crippen LogP) is 2.16. The number of rotatable bonds is 5. The fourth-order valence-electron chi connectivity index (χ4n) is 1.79. The van der Waals surface area contributed by atoms with Gasteiger partial charge in [0.05, 0.1) is 18.9 Å². The highest BCUT2D eigenvalue weighted by molar-refractivity contribution is 5.99. The summed E-state index contributed by atoms with van der Waals surface area (Å²) in [4.78, 5) is 23.0. The maximum atomic E-state index is 11.9. The number of carboxylic acids is 1. The quantitative estimate of drug-likeness (QED) is 0.654. The van der Waals surface area contributed by atoms with E-state index in [2.05, 4.69) is 10.5 Å². The lowest BCUT2D eigenvalue weighted by Crippen LogP contribution is -2.17. The Morgan fingerprint density at radius 2 is 1.95 bits per heavy atom. The molecule has 0 aliphatic carbocycles. The molecule has 0 aromatic heterocycles. The highest BCUT2D eigenvalue weighted by Gasteiger charge is 2.08. The minimum absolute atomic E-state index is 0.113. The van der Waals surface area contributed by atoms with Gasteiger partial charge in [-0.05, 0) is 24.3 Å². The second kappa shape index (κ2) is 7.03. The second-order valence-corrected chi connectivity index (χ2v) is 4.32. The third-order valence-electron chi connectivity index (χ3n) is 2.89. The van der Waals surface area contributed by atoms with Crippen molar-refractivity contribution in [3.8, 4) is 5.75 Å². The zero-order valence-electron chi connectivity index (χ0n) is 11.8. The number of methoxy groups -OCH3 is 1. The van der Waals surface area contributed by atoms with Crippen molar-refractivity contribution in [2.45, 2.75) is 0 Å². The number of amides is 1. The molecule has 0 aliphatic heterocycles. The molecular weight excluding hydrogens is 284 g/mol. The van der Waals surface area contributed by atoms with Crippen LogP contribution in [0.3, 0.4) is 0 Å². The van der Waals surface area contributed by atoms with Crippen LogP contribution in [-0.2, 0) is 0 Å². The van der Waals surface area contributed by atoms with Gasteiger partial charge in [0.25, 0.3) is 5.91 Å². The monoisotopic (exact) mass is 298 g/mol. The van der Waals surface area contributed by atoms with E-state index in [0.29, 0.717) is 16.9 Å². The van der Waals surface area contributed by atoms with Crippen LogP contribution < -0.4 is 10.2 Å². The number of nitrogens with one attached hydrogen (secondary N) is 1. The van der Waals surface area contributed by atoms with Crippen molar-refractivity contribution in [1.29, 1.82) is 0 Å². The van der Waals surface area contributed by atoms with E-state index in [9.17, 15) is 9.59 Å². The van der Waals surface area contributed by atoms with E-state index in [4.69, 9.17) is 9.84 Å². The molecule has 2 aromatic rings. The third-order valence-corrected chi connectivity index (χ3v) is 2.89. The lowest BCUT2D eigenvalue weighted by Gasteiger charge is -2.03. The van der Waals surface area contributed by atoms with Crippen molar-refractivity contribution >= 4 is 18.1 Å². The van der Waals surface area contributed by atoms with Crippen LogP contribution >= 0.6 is 0 Å². The number of benzene rings is 2. The third kappa shape index (κ3) is 3.69. The highest BCUT2D eigenvalue weighted by atomic mass is 16.5. The van der Waals surface area contributed by atoms with Crippen molar-refractivity contribution in [3.63, 3.8) is 0 Å². The average molecular weight is 298 g/mol. The SMILES string of the molecule is COc1cccc(C(=O)N/N=C/c2ccccc2C(=O)O)c1. The topological polar surface area (TPSA) is 88.0 Å². The first-order valence-electron chi connectivity index (χ1n) is 6.41. The number of carbonyl (C=O) groups excluding carboxylic acids is 1. The molecule has 0 unspecified atom stereocenters. The molecule has 0 saturated heterocycles. The van der Waals surface area contributed by atoms with E-state index in [1.54, 1.807) is 42.5 Å². The maximum Gasteiger partial charge on any atom is 0.336 e. The Labute approximate surface area is 127 Å². The van der Waals surface area contributed by atoms with Crippen molar-refractivity contribution in [1.82, 2.24) is 5.43 Å². The highest BCUT2D eigenvalue weighted by Crippen LogP contribution is 2.12. The van der Waals surface area contributed by atoms with Gasteiger partial charge in [0, 0.05) is 11.1 Å². The van der Waals surface area contributed by atoms with E-state index < -0.39 is 11.9 Å². The largest absolute Gasteiger partial charge is 0.497 e. The number of nitrogens with zero attached hydrogens (tertiary/aromatic N) is 1. The summed E-state index contributed by atoms with van der Waals surface area (Å²) in [6.07, 6.45) is 1.29. The number of carbonyl (C=O) groups is 2. The normalized spacial score (nSPS) is 10.4. The maximum absolute atomic E-state index is 11.9. The molecule has 6 heteroatoms. The molecule has 2 aromatic carbocycles. The van der Waals surface area contributed by atoms with Crippen LogP contribution in [0.1, 0.15) is 26.3 Å². The standard InChI is InChI=1S/C16H14N2O4/c1-22-13-7-4-6-11(9-13)15(19)18-17-10-12-5-2-3-8-14(12)16(20)21/h2-10H,1H3,(H,18,19)(H,20,21)/b17-10+. The smallest absolute Gasteiger partial charge is 0.336 e. The number of carboxylic acid groups (broad SMARTS) is 1. The summed E-state index contributed by atoms with van der Waals surface area (Å²) in [5.74, 6) is -0.906. The number of aromatic carboxylic acids is 1. The molecule has 6 nitrogen and oxygen atoms in total. The Bertz CT molecular complexity index is 726. The van der Waals surface area contributed by atoms with Crippen LogP contribution in [0.15, 0.2) is 53.6 Å². The van der Waals surface area contributed by atoms with E-state index >= 15 is 0 Å². The Kier molecular flexibility index (Phi) is 4.87. The minimum atomic E-state index is -1.05. The molecule has 0 aliphatic rings. The summed E-state index contributed by atoms with van der Waals surface area (Å²) >= 11 is 0. The van der Waals surface area contributed by atoms with Crippen LogP contribution in [0.2, 0.25) is 0 Å². The van der Waals surface area contributed by atoms with Gasteiger partial charge < -0.3 is 9.84 Å². The van der Waals surface area contributed by atoms with Gasteiger partial charge in [-0.3, -0.25) is 4.79 Å². The molecule has 0 heterocycles. The molecule has 0 saturated carbocycles. The van der Waals surface area contributed by atoms with Gasteiger partial charge in [-0.15, -0.1) is 0 Å². The van der Waals surface area contributed by atoms with Gasteiger partial charge in [-0.1, -0.05) is 24.3 Å². The molecular formula is C16H14N2O4. The van der Waals surface area contributed by atoms with Crippen molar-refractivity contribution in [2.24, 2.45) is 5.10 Å². The van der Waals surface area contributed by atoms with E-state index in [1.807, 2.05) is 0 Å². The lowest BCUT2D eigenvalue weighted by atomic mass is 10.1. The van der Waals surface area contributed by atoms with Gasteiger partial charge >= 0.3 is 5.97 Å². The number of hydrogen-bond donors (Lipinski definition) is 2. The van der Waals surface area contributed by atoms with E-state index in [0.717, 1.165) is 0 Å². The Morgan fingerprint density at radius 3 is 2.68 bits per heavy atom. The van der Waals surface area contributed by atoms with Crippen LogP contribution in [0.25, 0.3) is 0 Å². The van der Waals surface area contributed by atoms with Crippen molar-refractivity contribution in [2.75, 3.05) is 7.11 Å². The lowest BCUT2D eigenvalue weighted by molar-refractivity contribution is 0.0696. The van der Waals surface area contributed by atoms with Gasteiger partial charge in [0.2, 0.25) is 0 Å². The summed E-state index contributed by atoms with van der Waals surface area (Å²) in [6.45, 7) is 0. The minimum Gasteiger partial charge on any atom is -0.497 e. The number of ether oxygens (including phenoxy) is 1. The Morgan fingerprint density at radius 1 is 1.18 bits per heavy atom. The molecule has 0 bridgehead atoms. The van der Waals surface area contributed by atoms with Crippen LogP contribution in [0.5, 0.6) is 5.75 Å². The molecule has 22 heavy (non-hydrogen) atoms. The zero-order valence-corrected chi connectivity index (χ0v) is 11.8. The molecule has 2 N–H and O–H groups in total. The fraction of sp³-hybridized carbons (Fsp3) is 0.0625. The summed E-state index contributed by atoms with van der Waals surface area (Å²) in [5, 5.41) is 12.8. The summed E-state index contributed by atoms with van der Waals surface area (Å²) < 4.78 is 5.04. The molecule has 1 amide bonds. The van der Waals surface area contributed by atoms with Crippen LogP contribution in [0.4, 0.5) is 0 Å². The molecule has 0 atom stereocenters. The van der Waals surface area contributed by atoms with Gasteiger partial charge in [-0.25, -0.2) is 10.2 Å². The molecule has 112 valence electrons. The summed E-state index contributed by atoms with van der Waals surface area (Å²) in [7, 11) is 1.51. The van der Waals surface area contributed by atoms with Crippen molar-refractivity contribution < 1.29 is 19.4 Å². The molecule has 0 radical (unpaired) electrons. The molecule has 0 fully saturated rings. The number of hydrazone groups is 1.